The maximum absolute atomic E-state index is 13.1. The molecule has 3 N–H and O–H groups in total. The molecule has 0 aliphatic heterocycles. The lowest BCUT2D eigenvalue weighted by molar-refractivity contribution is -0.161. The standard InChI is InChI=1S/C73H142O17P2/c1-7-9-11-13-15-17-18-19-20-24-27-30-33-37-44-50-56-71(76)84-61-68(89-72(77)57-51-45-38-34-31-28-25-22-21-23-26-29-32-35-41-47-53-65(3)4)63-87-91(79,80)85-59-67(74)60-86-92(81,82)88-64-69(62-83-70(75)55-49-43-36-16-14-12-10-8-2)90-73(78)58-52-46-40-39-42-48-54-66(5)6/h65-69,74H,7-64H2,1-6H3,(H,79,80)(H,81,82)/t67-,68-,69-/m1/s1. The zero-order valence-corrected chi connectivity index (χ0v) is 61.6. The molecule has 0 saturated heterocycles. The molecule has 19 heteroatoms. The molecule has 0 bridgehead atoms. The molecular weight excluding hydrogens is 1210 g/mol. The highest BCUT2D eigenvalue weighted by atomic mass is 31.2. The van der Waals surface area contributed by atoms with Gasteiger partial charge in [0.1, 0.15) is 19.3 Å². The topological polar surface area (TPSA) is 237 Å². The van der Waals surface area contributed by atoms with Crippen LogP contribution in [0, 0.1) is 11.8 Å². The van der Waals surface area contributed by atoms with Crippen LogP contribution in [0.1, 0.15) is 375 Å². The third-order valence-electron chi connectivity index (χ3n) is 17.0. The van der Waals surface area contributed by atoms with Crippen molar-refractivity contribution >= 4 is 39.5 Å². The van der Waals surface area contributed by atoms with Crippen LogP contribution in [0.3, 0.4) is 0 Å². The number of carbonyl (C=O) groups excluding carboxylic acids is 4. The lowest BCUT2D eigenvalue weighted by Crippen LogP contribution is -2.30. The predicted octanol–water partition coefficient (Wildman–Crippen LogP) is 21.2. The minimum atomic E-state index is -4.95. The monoisotopic (exact) mass is 1350 g/mol. The minimum absolute atomic E-state index is 0.102. The Labute approximate surface area is 562 Å². The number of rotatable bonds is 72. The number of aliphatic hydroxyl groups excluding tert-OH is 1. The van der Waals surface area contributed by atoms with E-state index < -0.39 is 97.5 Å². The van der Waals surface area contributed by atoms with Crippen LogP contribution in [0.2, 0.25) is 0 Å². The summed E-state index contributed by atoms with van der Waals surface area (Å²) in [5.74, 6) is -0.648. The Morgan fingerprint density at radius 2 is 0.500 bits per heavy atom. The Morgan fingerprint density at radius 1 is 0.293 bits per heavy atom. The SMILES string of the molecule is CCCCCCCCCCCCCCCCCCC(=O)OC[C@H](COP(=O)(O)OC[C@@H](O)COP(=O)(O)OC[C@@H](COC(=O)CCCCCCCCCC)OC(=O)CCCCCCCCC(C)C)OC(=O)CCCCCCCCCCCCCCCCCCC(C)C. The normalized spacial score (nSPS) is 14.1. The van der Waals surface area contributed by atoms with Gasteiger partial charge in [0.15, 0.2) is 12.2 Å². The number of hydrogen-bond acceptors (Lipinski definition) is 15. The number of unbranched alkanes of at least 4 members (excludes halogenated alkanes) is 42. The van der Waals surface area contributed by atoms with E-state index in [-0.39, 0.29) is 25.7 Å². The van der Waals surface area contributed by atoms with Crippen molar-refractivity contribution in [2.45, 2.75) is 394 Å². The first-order valence-corrected chi connectivity index (χ1v) is 41.0. The highest BCUT2D eigenvalue weighted by Crippen LogP contribution is 2.45. The second-order valence-electron chi connectivity index (χ2n) is 27.3. The van der Waals surface area contributed by atoms with E-state index in [2.05, 4.69) is 41.5 Å². The molecule has 0 saturated carbocycles. The lowest BCUT2D eigenvalue weighted by Gasteiger charge is -2.21. The second kappa shape index (κ2) is 65.0. The first-order valence-electron chi connectivity index (χ1n) is 38.0. The van der Waals surface area contributed by atoms with Gasteiger partial charge >= 0.3 is 39.5 Å². The molecule has 2 unspecified atom stereocenters. The van der Waals surface area contributed by atoms with Crippen molar-refractivity contribution in [3.8, 4) is 0 Å². The number of esters is 4. The molecule has 0 aliphatic rings. The molecule has 0 fully saturated rings. The van der Waals surface area contributed by atoms with E-state index in [9.17, 15) is 43.2 Å². The summed E-state index contributed by atoms with van der Waals surface area (Å²) < 4.78 is 68.3. The van der Waals surface area contributed by atoms with Crippen molar-refractivity contribution < 1.29 is 80.2 Å². The molecule has 92 heavy (non-hydrogen) atoms. The van der Waals surface area contributed by atoms with E-state index in [1.54, 1.807) is 0 Å². The fourth-order valence-corrected chi connectivity index (χ4v) is 12.7. The fourth-order valence-electron chi connectivity index (χ4n) is 11.1. The van der Waals surface area contributed by atoms with Crippen molar-refractivity contribution in [1.29, 1.82) is 0 Å². The predicted molar refractivity (Wildman–Crippen MR) is 372 cm³/mol. The van der Waals surface area contributed by atoms with Crippen molar-refractivity contribution in [3.05, 3.63) is 0 Å². The molecule has 0 aromatic heterocycles. The number of ether oxygens (including phenoxy) is 4. The molecule has 0 rings (SSSR count). The quantitative estimate of drug-likeness (QED) is 0.0222. The summed E-state index contributed by atoms with van der Waals surface area (Å²) >= 11 is 0. The first-order chi connectivity index (χ1) is 44.4. The zero-order valence-electron chi connectivity index (χ0n) is 59.9. The summed E-state index contributed by atoms with van der Waals surface area (Å²) in [5.41, 5.74) is 0. The molecule has 0 aromatic rings. The van der Waals surface area contributed by atoms with E-state index in [0.29, 0.717) is 31.6 Å². The van der Waals surface area contributed by atoms with Gasteiger partial charge < -0.3 is 33.8 Å². The molecule has 0 radical (unpaired) electrons. The molecule has 0 spiro atoms. The molecule has 0 aliphatic carbocycles. The Balaban J connectivity index is 5.18. The molecule has 0 amide bonds. The number of hydrogen-bond donors (Lipinski definition) is 3. The number of phosphoric acid groups is 2. The van der Waals surface area contributed by atoms with Gasteiger partial charge in [-0.25, -0.2) is 9.13 Å². The molecule has 5 atom stereocenters. The minimum Gasteiger partial charge on any atom is -0.462 e. The Bertz CT molecular complexity index is 1790. The summed E-state index contributed by atoms with van der Waals surface area (Å²) in [6.45, 7) is 9.48. The molecule has 0 heterocycles. The van der Waals surface area contributed by atoms with E-state index in [4.69, 9.17) is 37.0 Å². The van der Waals surface area contributed by atoms with Crippen molar-refractivity contribution in [2.24, 2.45) is 11.8 Å². The molecule has 17 nitrogen and oxygen atoms in total. The third-order valence-corrected chi connectivity index (χ3v) is 18.9. The van der Waals surface area contributed by atoms with Crippen molar-refractivity contribution in [3.63, 3.8) is 0 Å². The van der Waals surface area contributed by atoms with E-state index >= 15 is 0 Å². The molecule has 0 aromatic carbocycles. The smallest absolute Gasteiger partial charge is 0.462 e. The Morgan fingerprint density at radius 3 is 0.739 bits per heavy atom. The van der Waals surface area contributed by atoms with Gasteiger partial charge in [0.2, 0.25) is 0 Å². The van der Waals surface area contributed by atoms with Crippen LogP contribution in [-0.2, 0) is 65.4 Å². The van der Waals surface area contributed by atoms with Gasteiger partial charge in [0, 0.05) is 25.7 Å². The second-order valence-corrected chi connectivity index (χ2v) is 30.2. The zero-order chi connectivity index (χ0) is 67.9. The van der Waals surface area contributed by atoms with Crippen molar-refractivity contribution in [1.82, 2.24) is 0 Å². The van der Waals surface area contributed by atoms with Crippen LogP contribution in [-0.4, -0.2) is 96.7 Å². The largest absolute Gasteiger partial charge is 0.472 e. The van der Waals surface area contributed by atoms with Crippen LogP contribution in [0.4, 0.5) is 0 Å². The van der Waals surface area contributed by atoms with Gasteiger partial charge in [-0.2, -0.15) is 0 Å². The Kier molecular flexibility index (Phi) is 63.7. The number of carbonyl (C=O) groups is 4. The summed E-state index contributed by atoms with van der Waals surface area (Å²) in [6, 6.07) is 0. The highest BCUT2D eigenvalue weighted by Gasteiger charge is 2.30. The third kappa shape index (κ3) is 66.7. The summed E-state index contributed by atoms with van der Waals surface area (Å²) in [6.07, 6.45) is 51.7. The lowest BCUT2D eigenvalue weighted by atomic mass is 10.0. The van der Waals surface area contributed by atoms with Gasteiger partial charge in [-0.3, -0.25) is 37.3 Å². The van der Waals surface area contributed by atoms with E-state index in [1.807, 2.05) is 0 Å². The van der Waals surface area contributed by atoms with Crippen LogP contribution in [0.5, 0.6) is 0 Å². The van der Waals surface area contributed by atoms with E-state index in [1.165, 1.54) is 186 Å². The van der Waals surface area contributed by atoms with Gasteiger partial charge in [-0.15, -0.1) is 0 Å². The first kappa shape index (κ1) is 90.1. The van der Waals surface area contributed by atoms with Gasteiger partial charge in [-0.1, -0.05) is 324 Å². The molecular formula is C73H142O17P2. The van der Waals surface area contributed by atoms with Gasteiger partial charge in [0.05, 0.1) is 26.4 Å². The van der Waals surface area contributed by atoms with Gasteiger partial charge in [0.25, 0.3) is 0 Å². The summed E-state index contributed by atoms with van der Waals surface area (Å²) in [4.78, 5) is 72.5. The summed E-state index contributed by atoms with van der Waals surface area (Å²) in [5, 5.41) is 10.6. The van der Waals surface area contributed by atoms with Gasteiger partial charge in [-0.05, 0) is 37.5 Å². The average molecular weight is 1350 g/mol. The number of aliphatic hydroxyl groups is 1. The summed E-state index contributed by atoms with van der Waals surface area (Å²) in [7, 11) is -9.90. The molecule has 546 valence electrons. The maximum Gasteiger partial charge on any atom is 0.472 e. The van der Waals surface area contributed by atoms with E-state index in [0.717, 1.165) is 102 Å². The van der Waals surface area contributed by atoms with Crippen molar-refractivity contribution in [2.75, 3.05) is 39.6 Å². The number of phosphoric ester groups is 2. The average Bonchev–Trinajstić information content (AvgIpc) is 1.73. The Hall–Kier alpha value is -1.94. The van der Waals surface area contributed by atoms with Crippen LogP contribution in [0.15, 0.2) is 0 Å². The highest BCUT2D eigenvalue weighted by molar-refractivity contribution is 7.47. The van der Waals surface area contributed by atoms with Crippen LogP contribution >= 0.6 is 15.6 Å². The van der Waals surface area contributed by atoms with Crippen LogP contribution < -0.4 is 0 Å². The maximum atomic E-state index is 13.1. The van der Waals surface area contributed by atoms with Crippen LogP contribution in [0.25, 0.3) is 0 Å². The fraction of sp³-hybridized carbons (Fsp3) is 0.945.